The van der Waals surface area contributed by atoms with E-state index in [0.29, 0.717) is 43.3 Å². The van der Waals surface area contributed by atoms with Gasteiger partial charge in [-0.25, -0.2) is 13.5 Å². The molecule has 34 heavy (non-hydrogen) atoms. The average molecular weight is 470 g/mol. The van der Waals surface area contributed by atoms with Gasteiger partial charge in [0.1, 0.15) is 17.3 Å². The summed E-state index contributed by atoms with van der Waals surface area (Å²) >= 11 is 0. The Labute approximate surface area is 197 Å². The predicted octanol–water partition coefficient (Wildman–Crippen LogP) is 4.64. The molecule has 1 saturated heterocycles. The van der Waals surface area contributed by atoms with Crippen molar-refractivity contribution in [1.29, 1.82) is 0 Å². The van der Waals surface area contributed by atoms with E-state index in [1.807, 2.05) is 31.2 Å². The van der Waals surface area contributed by atoms with Gasteiger partial charge in [0.2, 0.25) is 0 Å². The zero-order chi connectivity index (χ0) is 24.3. The molecule has 6 nitrogen and oxygen atoms in total. The zero-order valence-corrected chi connectivity index (χ0v) is 19.7. The fourth-order valence-electron chi connectivity index (χ4n) is 4.60. The number of ether oxygens (including phenoxy) is 2. The summed E-state index contributed by atoms with van der Waals surface area (Å²) in [6.07, 6.45) is 1.55. The summed E-state index contributed by atoms with van der Waals surface area (Å²) < 4.78 is 40.2. The molecule has 8 heteroatoms. The van der Waals surface area contributed by atoms with E-state index < -0.39 is 11.6 Å². The number of amides is 1. The van der Waals surface area contributed by atoms with E-state index in [2.05, 4.69) is 10.4 Å². The highest BCUT2D eigenvalue weighted by molar-refractivity contribution is 5.96. The molecule has 1 aromatic heterocycles. The quantitative estimate of drug-likeness (QED) is 0.547. The third-order valence-electron chi connectivity index (χ3n) is 6.47. The molecule has 0 radical (unpaired) electrons. The molecule has 180 valence electrons. The number of aromatic nitrogens is 2. The Morgan fingerprint density at radius 2 is 1.85 bits per heavy atom. The molecule has 1 fully saturated rings. The Hall–Kier alpha value is -3.26. The highest BCUT2D eigenvalue weighted by atomic mass is 19.1. The number of hydrogen-bond acceptors (Lipinski definition) is 4. The minimum absolute atomic E-state index is 0.0938. The van der Waals surface area contributed by atoms with Gasteiger partial charge in [0.15, 0.2) is 5.82 Å². The molecule has 1 aliphatic heterocycles. The molecule has 0 atom stereocenters. The summed E-state index contributed by atoms with van der Waals surface area (Å²) in [6, 6.07) is 11.3. The first-order valence-electron chi connectivity index (χ1n) is 11.5. The average Bonchev–Trinajstić information content (AvgIpc) is 3.12. The summed E-state index contributed by atoms with van der Waals surface area (Å²) in [5.41, 5.74) is 2.30. The Balaban J connectivity index is 1.57. The molecular weight excluding hydrogens is 440 g/mol. The molecule has 0 unspecified atom stereocenters. The molecular formula is C26H29F2N3O3. The molecule has 0 aliphatic carbocycles. The van der Waals surface area contributed by atoms with Gasteiger partial charge in [-0.2, -0.15) is 5.10 Å². The summed E-state index contributed by atoms with van der Waals surface area (Å²) in [4.78, 5) is 13.3. The normalized spacial score (nSPS) is 15.2. The van der Waals surface area contributed by atoms with Gasteiger partial charge in [0, 0.05) is 31.2 Å². The van der Waals surface area contributed by atoms with E-state index in [9.17, 15) is 13.6 Å². The van der Waals surface area contributed by atoms with E-state index in [-0.39, 0.29) is 17.0 Å². The van der Waals surface area contributed by atoms with Gasteiger partial charge in [-0.1, -0.05) is 12.1 Å². The van der Waals surface area contributed by atoms with Crippen molar-refractivity contribution < 1.29 is 23.0 Å². The van der Waals surface area contributed by atoms with E-state index in [1.165, 1.54) is 16.8 Å². The third-order valence-corrected chi connectivity index (χ3v) is 6.47. The number of hydrogen-bond donors (Lipinski definition) is 1. The minimum Gasteiger partial charge on any atom is -0.494 e. The number of nitrogens with one attached hydrogen (secondary N) is 1. The molecule has 0 saturated carbocycles. The fourth-order valence-corrected chi connectivity index (χ4v) is 4.60. The van der Waals surface area contributed by atoms with Crippen LogP contribution in [0.1, 0.15) is 47.1 Å². The van der Waals surface area contributed by atoms with Crippen LogP contribution in [0.5, 0.6) is 5.75 Å². The van der Waals surface area contributed by atoms with E-state index in [4.69, 9.17) is 9.47 Å². The standard InChI is InChI=1S/C26H29F2N3O3/c1-4-34-21-8-5-19(6-9-21)26(11-13-33-14-12-26)16-29-25(32)24-17(2)30-31(18(24)3)23-10-7-20(27)15-22(23)28/h5-10,15H,4,11-14,16H2,1-3H3,(H,29,32). The van der Waals surface area contributed by atoms with Gasteiger partial charge >= 0.3 is 0 Å². The summed E-state index contributed by atoms with van der Waals surface area (Å²) in [7, 11) is 0. The van der Waals surface area contributed by atoms with Gasteiger partial charge in [-0.05, 0) is 63.4 Å². The van der Waals surface area contributed by atoms with Crippen molar-refractivity contribution in [3.63, 3.8) is 0 Å². The summed E-state index contributed by atoms with van der Waals surface area (Å²) in [6.45, 7) is 7.61. The molecule has 0 bridgehead atoms. The van der Waals surface area contributed by atoms with Crippen molar-refractivity contribution >= 4 is 5.91 Å². The van der Waals surface area contributed by atoms with Crippen molar-refractivity contribution in [2.75, 3.05) is 26.4 Å². The van der Waals surface area contributed by atoms with Gasteiger partial charge in [-0.3, -0.25) is 4.79 Å². The van der Waals surface area contributed by atoms with Crippen LogP contribution in [-0.2, 0) is 10.2 Å². The Morgan fingerprint density at radius 1 is 1.15 bits per heavy atom. The van der Waals surface area contributed by atoms with Crippen LogP contribution in [0.2, 0.25) is 0 Å². The number of halogens is 2. The lowest BCUT2D eigenvalue weighted by atomic mass is 9.74. The number of carbonyl (C=O) groups is 1. The number of carbonyl (C=O) groups excluding carboxylic acids is 1. The molecule has 3 aromatic rings. The number of rotatable bonds is 7. The summed E-state index contributed by atoms with van der Waals surface area (Å²) in [5.74, 6) is -0.879. The van der Waals surface area contributed by atoms with Crippen molar-refractivity contribution in [3.8, 4) is 11.4 Å². The SMILES string of the molecule is CCOc1ccc(C2(CNC(=O)c3c(C)nn(-c4ccc(F)cc4F)c3C)CCOCC2)cc1. The summed E-state index contributed by atoms with van der Waals surface area (Å²) in [5, 5.41) is 7.43. The Bertz CT molecular complexity index is 1170. The smallest absolute Gasteiger partial charge is 0.255 e. The van der Waals surface area contributed by atoms with Gasteiger partial charge < -0.3 is 14.8 Å². The number of aryl methyl sites for hydroxylation is 1. The van der Waals surface area contributed by atoms with E-state index in [1.54, 1.807) is 13.8 Å². The van der Waals surface area contributed by atoms with Crippen LogP contribution >= 0.6 is 0 Å². The van der Waals surface area contributed by atoms with Crippen LogP contribution in [0.4, 0.5) is 8.78 Å². The Kier molecular flexibility index (Phi) is 6.97. The van der Waals surface area contributed by atoms with Crippen LogP contribution in [0.25, 0.3) is 5.69 Å². The highest BCUT2D eigenvalue weighted by Gasteiger charge is 2.35. The lowest BCUT2D eigenvalue weighted by Gasteiger charge is -2.38. The van der Waals surface area contributed by atoms with E-state index in [0.717, 1.165) is 30.2 Å². The first-order chi connectivity index (χ1) is 16.3. The van der Waals surface area contributed by atoms with Crippen LogP contribution in [0.15, 0.2) is 42.5 Å². The van der Waals surface area contributed by atoms with Crippen molar-refractivity contribution in [3.05, 3.63) is 76.6 Å². The predicted molar refractivity (Wildman–Crippen MR) is 125 cm³/mol. The van der Waals surface area contributed by atoms with Crippen molar-refractivity contribution in [2.24, 2.45) is 0 Å². The molecule has 2 aromatic carbocycles. The maximum absolute atomic E-state index is 14.3. The van der Waals surface area contributed by atoms with Crippen molar-refractivity contribution in [2.45, 2.75) is 39.0 Å². The van der Waals surface area contributed by atoms with E-state index >= 15 is 0 Å². The molecule has 4 rings (SSSR count). The van der Waals surface area contributed by atoms with Crippen LogP contribution < -0.4 is 10.1 Å². The number of benzene rings is 2. The monoisotopic (exact) mass is 469 g/mol. The maximum atomic E-state index is 14.3. The molecule has 2 heterocycles. The lowest BCUT2D eigenvalue weighted by Crippen LogP contribution is -2.44. The minimum atomic E-state index is -0.741. The lowest BCUT2D eigenvalue weighted by molar-refractivity contribution is 0.0487. The Morgan fingerprint density at radius 3 is 2.50 bits per heavy atom. The third kappa shape index (κ3) is 4.68. The molecule has 1 aliphatic rings. The van der Waals surface area contributed by atoms with Crippen molar-refractivity contribution in [1.82, 2.24) is 15.1 Å². The second-order valence-corrected chi connectivity index (χ2v) is 8.59. The van der Waals surface area contributed by atoms with Crippen LogP contribution in [-0.4, -0.2) is 42.1 Å². The first-order valence-corrected chi connectivity index (χ1v) is 11.5. The second-order valence-electron chi connectivity index (χ2n) is 8.59. The topological polar surface area (TPSA) is 65.4 Å². The highest BCUT2D eigenvalue weighted by Crippen LogP contribution is 2.35. The second kappa shape index (κ2) is 9.93. The fraction of sp³-hybridized carbons (Fsp3) is 0.385. The molecule has 0 spiro atoms. The first kappa shape index (κ1) is 23.9. The van der Waals surface area contributed by atoms with Gasteiger partial charge in [-0.15, -0.1) is 0 Å². The molecule has 1 amide bonds. The molecule has 1 N–H and O–H groups in total. The van der Waals surface area contributed by atoms with Crippen LogP contribution in [0, 0.1) is 25.5 Å². The zero-order valence-electron chi connectivity index (χ0n) is 19.7. The van der Waals surface area contributed by atoms with Crippen LogP contribution in [0.3, 0.4) is 0 Å². The van der Waals surface area contributed by atoms with Gasteiger partial charge in [0.25, 0.3) is 5.91 Å². The van der Waals surface area contributed by atoms with Gasteiger partial charge in [0.05, 0.1) is 23.6 Å². The number of nitrogens with zero attached hydrogens (tertiary/aromatic N) is 2. The largest absolute Gasteiger partial charge is 0.494 e. The maximum Gasteiger partial charge on any atom is 0.255 e.